The Bertz CT molecular complexity index is 1290. The van der Waals surface area contributed by atoms with Gasteiger partial charge >= 0.3 is 0 Å². The van der Waals surface area contributed by atoms with Crippen molar-refractivity contribution in [2.24, 2.45) is 18.4 Å². The maximum Gasteiger partial charge on any atom is 0.274 e. The smallest absolute Gasteiger partial charge is 0.274 e. The van der Waals surface area contributed by atoms with Crippen LogP contribution in [0.25, 0.3) is 22.0 Å². The average molecular weight is 507 g/mol. The molecule has 0 radical (unpaired) electrons. The molecule has 7 heteroatoms. The van der Waals surface area contributed by atoms with Crippen LogP contribution in [0.5, 0.6) is 5.75 Å². The molecule has 3 aliphatic rings. The number of nitrogens with zero attached hydrogens (tertiary/aromatic N) is 2. The molecule has 1 aliphatic carbocycles. The van der Waals surface area contributed by atoms with Crippen LogP contribution in [0, 0.1) is 11.3 Å². The van der Waals surface area contributed by atoms with Gasteiger partial charge in [-0.15, -0.1) is 11.8 Å². The number of rotatable bonds is 8. The number of aromatic nitrogens is 2. The fourth-order valence-corrected chi connectivity index (χ4v) is 7.17. The van der Waals surface area contributed by atoms with Crippen LogP contribution in [0.3, 0.4) is 0 Å². The Labute approximate surface area is 217 Å². The minimum Gasteiger partial charge on any atom is -0.490 e. The average Bonchev–Trinajstić information content (AvgIpc) is 3.61. The molecule has 3 fully saturated rings. The normalized spacial score (nSPS) is 26.2. The van der Waals surface area contributed by atoms with Crippen LogP contribution >= 0.6 is 11.8 Å². The summed E-state index contributed by atoms with van der Waals surface area (Å²) < 4.78 is 8.28. The topological polar surface area (TPSA) is 62.3 Å². The predicted molar refractivity (Wildman–Crippen MR) is 148 cm³/mol. The van der Waals surface area contributed by atoms with E-state index in [1.165, 1.54) is 56.9 Å². The molecule has 3 aromatic rings. The second-order valence-electron chi connectivity index (χ2n) is 11.1. The molecule has 2 aromatic heterocycles. The van der Waals surface area contributed by atoms with Crippen molar-refractivity contribution in [1.29, 1.82) is 0 Å². The number of benzene rings is 1. The molecule has 1 saturated carbocycles. The molecule has 1 atom stereocenters. The van der Waals surface area contributed by atoms with Crippen LogP contribution in [0.1, 0.15) is 39.0 Å². The van der Waals surface area contributed by atoms with Crippen molar-refractivity contribution < 1.29 is 4.74 Å². The number of pyridine rings is 1. The third kappa shape index (κ3) is 4.61. The number of ether oxygens (including phenoxy) is 1. The van der Waals surface area contributed by atoms with Gasteiger partial charge < -0.3 is 24.5 Å². The highest BCUT2D eigenvalue weighted by Crippen LogP contribution is 2.41. The maximum absolute atomic E-state index is 12.6. The first-order chi connectivity index (χ1) is 17.5. The molecule has 4 heterocycles. The Morgan fingerprint density at radius 3 is 2.89 bits per heavy atom. The number of aromatic amines is 1. The minimum atomic E-state index is -0.00439. The van der Waals surface area contributed by atoms with E-state index in [1.807, 2.05) is 37.3 Å². The predicted octanol–water partition coefficient (Wildman–Crippen LogP) is 4.88. The molecule has 6 nitrogen and oxygen atoms in total. The fraction of sp³-hybridized carbons (Fsp3) is 0.552. The van der Waals surface area contributed by atoms with E-state index < -0.39 is 0 Å². The number of nitrogens with one attached hydrogen (secondary N) is 2. The molecular formula is C29H38N4O2S. The molecule has 2 saturated heterocycles. The van der Waals surface area contributed by atoms with Gasteiger partial charge in [0.05, 0.1) is 6.10 Å². The van der Waals surface area contributed by atoms with Gasteiger partial charge in [0.1, 0.15) is 11.3 Å². The zero-order chi connectivity index (χ0) is 24.7. The standard InChI is InChI=1S/C29H38N4O2S/c1-3-36-22-4-5-26(24(16-22)25-17-32(2)28(34)27-23(25)6-10-31-27)35-21-14-20(15-21)7-12-33-13-9-29(19-33)8-11-30-18-29/h4-6,10,16-17,20-21,30-31H,3,7-9,11-15,18-19H2,1-2H3. The van der Waals surface area contributed by atoms with Gasteiger partial charge in [-0.1, -0.05) is 6.92 Å². The second kappa shape index (κ2) is 9.92. The summed E-state index contributed by atoms with van der Waals surface area (Å²) in [6.45, 7) is 8.37. The Morgan fingerprint density at radius 2 is 2.08 bits per heavy atom. The van der Waals surface area contributed by atoms with Crippen molar-refractivity contribution >= 4 is 22.7 Å². The second-order valence-corrected chi connectivity index (χ2v) is 12.5. The van der Waals surface area contributed by atoms with E-state index >= 15 is 0 Å². The number of aryl methyl sites for hydroxylation is 1. The van der Waals surface area contributed by atoms with Crippen LogP contribution in [-0.4, -0.2) is 59.0 Å². The maximum atomic E-state index is 12.6. The molecule has 2 N–H and O–H groups in total. The summed E-state index contributed by atoms with van der Waals surface area (Å²) in [5, 5.41) is 4.52. The summed E-state index contributed by atoms with van der Waals surface area (Å²) in [6.07, 6.45) is 10.4. The van der Waals surface area contributed by atoms with E-state index in [-0.39, 0.29) is 11.7 Å². The third-order valence-corrected chi connectivity index (χ3v) is 9.51. The molecule has 0 amide bonds. The summed E-state index contributed by atoms with van der Waals surface area (Å²) in [5.74, 6) is 2.71. The first-order valence-electron chi connectivity index (χ1n) is 13.6. The molecule has 1 spiro atoms. The van der Waals surface area contributed by atoms with Crippen molar-refractivity contribution in [2.45, 2.75) is 50.0 Å². The van der Waals surface area contributed by atoms with E-state index in [2.05, 4.69) is 40.3 Å². The van der Waals surface area contributed by atoms with E-state index in [0.717, 1.165) is 46.8 Å². The molecule has 0 bridgehead atoms. The molecule has 36 heavy (non-hydrogen) atoms. The molecule has 1 unspecified atom stereocenters. The molecule has 192 valence electrons. The van der Waals surface area contributed by atoms with Gasteiger partial charge in [0.15, 0.2) is 0 Å². The van der Waals surface area contributed by atoms with Crippen LogP contribution in [0.2, 0.25) is 0 Å². The lowest BCUT2D eigenvalue weighted by Gasteiger charge is -2.37. The van der Waals surface area contributed by atoms with Gasteiger partial charge in [-0.2, -0.15) is 0 Å². The van der Waals surface area contributed by atoms with Gasteiger partial charge in [-0.05, 0) is 93.1 Å². The number of likely N-dealkylation sites (tertiary alicyclic amines) is 1. The van der Waals surface area contributed by atoms with E-state index in [1.54, 1.807) is 4.57 Å². The Hall–Kier alpha value is -2.22. The van der Waals surface area contributed by atoms with Crippen LogP contribution in [-0.2, 0) is 7.05 Å². The van der Waals surface area contributed by atoms with Crippen LogP contribution in [0.4, 0.5) is 0 Å². The van der Waals surface area contributed by atoms with Crippen molar-refractivity contribution in [2.75, 3.05) is 38.5 Å². The minimum absolute atomic E-state index is 0.00439. The Balaban J connectivity index is 1.14. The number of hydrogen-bond donors (Lipinski definition) is 2. The zero-order valence-corrected chi connectivity index (χ0v) is 22.3. The number of H-pyrrole nitrogens is 1. The Morgan fingerprint density at radius 1 is 1.19 bits per heavy atom. The lowest BCUT2D eigenvalue weighted by molar-refractivity contribution is 0.0557. The monoisotopic (exact) mass is 506 g/mol. The van der Waals surface area contributed by atoms with Crippen molar-refractivity contribution in [1.82, 2.24) is 19.8 Å². The summed E-state index contributed by atoms with van der Waals surface area (Å²) in [7, 11) is 1.82. The lowest BCUT2D eigenvalue weighted by atomic mass is 9.80. The highest BCUT2D eigenvalue weighted by atomic mass is 32.2. The summed E-state index contributed by atoms with van der Waals surface area (Å²) in [4.78, 5) is 19.7. The van der Waals surface area contributed by atoms with Crippen LogP contribution < -0.4 is 15.6 Å². The SMILES string of the molecule is CCSc1ccc(OC2CC(CCN3CCC4(CCNC4)C3)C2)c(-c2cn(C)c(=O)c3[nH]ccc23)c1. The van der Waals surface area contributed by atoms with E-state index in [0.29, 0.717) is 10.9 Å². The molecule has 2 aliphatic heterocycles. The van der Waals surface area contributed by atoms with Gasteiger partial charge in [-0.25, -0.2) is 0 Å². The van der Waals surface area contributed by atoms with Crippen molar-refractivity contribution in [3.05, 3.63) is 47.0 Å². The van der Waals surface area contributed by atoms with Crippen molar-refractivity contribution in [3.63, 3.8) is 0 Å². The zero-order valence-electron chi connectivity index (χ0n) is 21.5. The van der Waals surface area contributed by atoms with E-state index in [9.17, 15) is 4.79 Å². The van der Waals surface area contributed by atoms with Gasteiger partial charge in [-0.3, -0.25) is 4.79 Å². The summed E-state index contributed by atoms with van der Waals surface area (Å²) in [6, 6.07) is 8.52. The lowest BCUT2D eigenvalue weighted by Crippen LogP contribution is -2.36. The Kier molecular flexibility index (Phi) is 6.65. The molecule has 6 rings (SSSR count). The number of thioether (sulfide) groups is 1. The largest absolute Gasteiger partial charge is 0.490 e. The molecular weight excluding hydrogens is 468 g/mol. The summed E-state index contributed by atoms with van der Waals surface area (Å²) >= 11 is 1.83. The summed E-state index contributed by atoms with van der Waals surface area (Å²) in [5.41, 5.74) is 3.33. The molecule has 1 aromatic carbocycles. The van der Waals surface area contributed by atoms with Crippen LogP contribution in [0.15, 0.2) is 46.3 Å². The first-order valence-corrected chi connectivity index (χ1v) is 14.6. The van der Waals surface area contributed by atoms with E-state index in [4.69, 9.17) is 4.74 Å². The van der Waals surface area contributed by atoms with Gasteiger partial charge in [0.25, 0.3) is 5.56 Å². The van der Waals surface area contributed by atoms with Gasteiger partial charge in [0, 0.05) is 53.9 Å². The quantitative estimate of drug-likeness (QED) is 0.427. The number of hydrogen-bond acceptors (Lipinski definition) is 5. The highest BCUT2D eigenvalue weighted by molar-refractivity contribution is 7.99. The van der Waals surface area contributed by atoms with Crippen molar-refractivity contribution in [3.8, 4) is 16.9 Å². The van der Waals surface area contributed by atoms with Gasteiger partial charge in [0.2, 0.25) is 0 Å². The third-order valence-electron chi connectivity index (χ3n) is 8.64. The number of fused-ring (bicyclic) bond motifs is 1. The first kappa shape index (κ1) is 24.1. The fourth-order valence-electron chi connectivity index (χ4n) is 6.48. The highest BCUT2D eigenvalue weighted by Gasteiger charge is 2.40.